The van der Waals surface area contributed by atoms with Crippen molar-refractivity contribution in [3.63, 3.8) is 0 Å². The van der Waals surface area contributed by atoms with Crippen molar-refractivity contribution in [2.75, 3.05) is 41.0 Å². The second-order valence-electron chi connectivity index (χ2n) is 19.1. The van der Waals surface area contributed by atoms with Crippen LogP contribution in [0.1, 0.15) is 245 Å². The Morgan fingerprint density at radius 3 is 1.27 bits per heavy atom. The number of unbranched alkanes of at least 4 members (excludes halogenated alkanes) is 28. The van der Waals surface area contributed by atoms with Crippen LogP contribution in [0.2, 0.25) is 0 Å². The van der Waals surface area contributed by atoms with E-state index in [1.807, 2.05) is 0 Å². The number of carboxylic acid groups (broad SMARTS) is 1. The van der Waals surface area contributed by atoms with E-state index >= 15 is 0 Å². The number of carbonyl (C=O) groups is 3. The molecule has 0 amide bonds. The molecule has 63 heavy (non-hydrogen) atoms. The molecule has 0 spiro atoms. The Kier molecular flexibility index (Phi) is 44.3. The number of carbonyl (C=O) groups excluding carboxylic acids is 3. The molecule has 0 rings (SSSR count). The van der Waals surface area contributed by atoms with E-state index in [0.29, 0.717) is 12.8 Å². The third-order valence-electron chi connectivity index (χ3n) is 12.0. The maximum absolute atomic E-state index is 12.8. The van der Waals surface area contributed by atoms with Crippen LogP contribution >= 0.6 is 0 Å². The van der Waals surface area contributed by atoms with E-state index in [1.54, 1.807) is 21.1 Å². The minimum absolute atomic E-state index is 0.0382. The van der Waals surface area contributed by atoms with Gasteiger partial charge in [-0.1, -0.05) is 211 Å². The van der Waals surface area contributed by atoms with Crippen molar-refractivity contribution in [3.8, 4) is 0 Å². The quantitative estimate of drug-likeness (QED) is 0.0259. The molecule has 0 fully saturated rings. The van der Waals surface area contributed by atoms with Gasteiger partial charge in [-0.2, -0.15) is 0 Å². The molecule has 8 heteroatoms. The standard InChI is InChI=1S/C55H101NO7/c1-6-8-10-12-14-16-18-20-22-24-26-28-29-31-33-35-37-39-41-43-45-53(57)62-50-51(49-61-48-47-52(55(59)60)56(3,4)5)63-54(58)46-44-42-40-38-36-34-32-30-27-25-23-21-19-17-15-13-11-9-7-2/h15,17,21,23,27,30,51-52H,6-14,16,18-20,22,24-26,28-29,31-50H2,1-5H3/b17-15-,23-21-,30-27-. The number of esters is 2. The van der Waals surface area contributed by atoms with Crippen LogP contribution in [0, 0.1) is 0 Å². The van der Waals surface area contributed by atoms with Crippen molar-refractivity contribution in [1.82, 2.24) is 0 Å². The maximum atomic E-state index is 12.8. The number of likely N-dealkylation sites (N-methyl/N-ethyl adjacent to an activating group) is 1. The summed E-state index contributed by atoms with van der Waals surface area (Å²) in [5.74, 6) is -1.74. The molecule has 0 aliphatic heterocycles. The van der Waals surface area contributed by atoms with Crippen molar-refractivity contribution in [2.45, 2.75) is 257 Å². The average molecular weight is 888 g/mol. The van der Waals surface area contributed by atoms with Gasteiger partial charge in [0, 0.05) is 19.3 Å². The van der Waals surface area contributed by atoms with Crippen LogP contribution < -0.4 is 5.11 Å². The fraction of sp³-hybridized carbons (Fsp3) is 0.836. The number of carboxylic acids is 1. The van der Waals surface area contributed by atoms with Gasteiger partial charge in [-0.05, 0) is 51.4 Å². The van der Waals surface area contributed by atoms with Gasteiger partial charge in [-0.25, -0.2) is 0 Å². The zero-order valence-corrected chi connectivity index (χ0v) is 42.0. The Hall–Kier alpha value is -2.45. The summed E-state index contributed by atoms with van der Waals surface area (Å²) >= 11 is 0. The monoisotopic (exact) mass is 888 g/mol. The number of nitrogens with zero attached hydrogens (tertiary/aromatic N) is 1. The Morgan fingerprint density at radius 1 is 0.476 bits per heavy atom. The maximum Gasteiger partial charge on any atom is 0.306 e. The molecule has 0 saturated carbocycles. The van der Waals surface area contributed by atoms with Crippen molar-refractivity contribution >= 4 is 17.9 Å². The second kappa shape index (κ2) is 46.1. The summed E-state index contributed by atoms with van der Waals surface area (Å²) in [6.07, 6.45) is 54.6. The van der Waals surface area contributed by atoms with Crippen molar-refractivity contribution < 1.29 is 38.2 Å². The first-order valence-corrected chi connectivity index (χ1v) is 26.5. The largest absolute Gasteiger partial charge is 0.544 e. The van der Waals surface area contributed by atoms with Crippen LogP contribution in [0.15, 0.2) is 36.5 Å². The molecule has 0 aliphatic rings. The van der Waals surface area contributed by atoms with E-state index in [-0.39, 0.29) is 42.7 Å². The first kappa shape index (κ1) is 60.5. The summed E-state index contributed by atoms with van der Waals surface area (Å²) in [5, 5.41) is 11.7. The van der Waals surface area contributed by atoms with E-state index < -0.39 is 18.1 Å². The molecule has 0 saturated heterocycles. The first-order chi connectivity index (χ1) is 30.6. The highest BCUT2D eigenvalue weighted by atomic mass is 16.6. The van der Waals surface area contributed by atoms with Crippen LogP contribution in [-0.2, 0) is 28.6 Å². The topological polar surface area (TPSA) is 102 Å². The number of hydrogen-bond acceptors (Lipinski definition) is 7. The Morgan fingerprint density at radius 2 is 0.841 bits per heavy atom. The number of allylic oxidation sites excluding steroid dienone is 6. The van der Waals surface area contributed by atoms with Crippen LogP contribution in [-0.4, -0.2) is 75.5 Å². The van der Waals surface area contributed by atoms with Gasteiger partial charge in [-0.15, -0.1) is 0 Å². The van der Waals surface area contributed by atoms with Gasteiger partial charge in [0.05, 0.1) is 40.3 Å². The lowest BCUT2D eigenvalue weighted by atomic mass is 10.0. The smallest absolute Gasteiger partial charge is 0.306 e. The molecule has 2 atom stereocenters. The van der Waals surface area contributed by atoms with Crippen molar-refractivity contribution in [1.29, 1.82) is 0 Å². The summed E-state index contributed by atoms with van der Waals surface area (Å²) in [4.78, 5) is 37.1. The third-order valence-corrected chi connectivity index (χ3v) is 12.0. The third kappa shape index (κ3) is 44.5. The molecule has 0 bridgehead atoms. The Balaban J connectivity index is 4.23. The average Bonchev–Trinajstić information content (AvgIpc) is 3.24. The highest BCUT2D eigenvalue weighted by molar-refractivity contribution is 5.70. The van der Waals surface area contributed by atoms with Gasteiger partial charge in [-0.3, -0.25) is 9.59 Å². The van der Waals surface area contributed by atoms with Crippen LogP contribution in [0.25, 0.3) is 0 Å². The molecule has 0 aromatic rings. The Bertz CT molecular complexity index is 1130. The fourth-order valence-electron chi connectivity index (χ4n) is 7.90. The number of ether oxygens (including phenoxy) is 3. The minimum atomic E-state index is -1.12. The molecule has 0 heterocycles. The SMILES string of the molecule is CCCCC/C=C\C/C=C\C/C=C\CCCCCCCCC(=O)OC(COCCC(C(=O)[O-])[N+](C)(C)C)COC(=O)CCCCCCCCCCCCCCCCCCCCCC. The fourth-order valence-corrected chi connectivity index (χ4v) is 7.90. The summed E-state index contributed by atoms with van der Waals surface area (Å²) < 4.78 is 17.3. The van der Waals surface area contributed by atoms with E-state index in [0.717, 1.165) is 64.2 Å². The number of aliphatic carboxylic acids is 1. The van der Waals surface area contributed by atoms with Gasteiger partial charge in [0.1, 0.15) is 12.6 Å². The molecular formula is C55H101NO7. The lowest BCUT2D eigenvalue weighted by Crippen LogP contribution is -2.55. The van der Waals surface area contributed by atoms with Crippen LogP contribution in [0.3, 0.4) is 0 Å². The number of rotatable bonds is 48. The summed E-state index contributed by atoms with van der Waals surface area (Å²) in [5.41, 5.74) is 0. The van der Waals surface area contributed by atoms with Gasteiger partial charge in [0.25, 0.3) is 0 Å². The predicted octanol–water partition coefficient (Wildman–Crippen LogP) is 14.0. The normalized spacial score (nSPS) is 13.1. The van der Waals surface area contributed by atoms with Gasteiger partial charge < -0.3 is 28.6 Å². The number of quaternary nitrogens is 1. The lowest BCUT2D eigenvalue weighted by molar-refractivity contribution is -0.889. The zero-order chi connectivity index (χ0) is 46.3. The molecule has 368 valence electrons. The Labute approximate surface area is 389 Å². The summed E-state index contributed by atoms with van der Waals surface area (Å²) in [7, 11) is 5.42. The second-order valence-corrected chi connectivity index (χ2v) is 19.1. The van der Waals surface area contributed by atoms with E-state index in [4.69, 9.17) is 14.2 Å². The summed E-state index contributed by atoms with van der Waals surface area (Å²) in [6.45, 7) is 4.66. The molecule has 0 N–H and O–H groups in total. The van der Waals surface area contributed by atoms with Crippen molar-refractivity contribution in [2.24, 2.45) is 0 Å². The highest BCUT2D eigenvalue weighted by Gasteiger charge is 2.25. The van der Waals surface area contributed by atoms with Gasteiger partial charge in [0.15, 0.2) is 6.10 Å². The molecule has 0 radical (unpaired) electrons. The number of hydrogen-bond donors (Lipinski definition) is 0. The highest BCUT2D eigenvalue weighted by Crippen LogP contribution is 2.16. The van der Waals surface area contributed by atoms with Gasteiger partial charge in [0.2, 0.25) is 0 Å². The molecule has 2 unspecified atom stereocenters. The lowest BCUT2D eigenvalue weighted by Gasteiger charge is -2.34. The minimum Gasteiger partial charge on any atom is -0.544 e. The van der Waals surface area contributed by atoms with Crippen LogP contribution in [0.5, 0.6) is 0 Å². The zero-order valence-electron chi connectivity index (χ0n) is 42.0. The molecule has 0 aromatic carbocycles. The molecule has 0 aliphatic carbocycles. The van der Waals surface area contributed by atoms with Crippen LogP contribution in [0.4, 0.5) is 0 Å². The first-order valence-electron chi connectivity index (χ1n) is 26.5. The molecule has 8 nitrogen and oxygen atoms in total. The van der Waals surface area contributed by atoms with Gasteiger partial charge >= 0.3 is 11.9 Å². The molecular weight excluding hydrogens is 787 g/mol. The van der Waals surface area contributed by atoms with E-state index in [1.165, 1.54) is 148 Å². The van der Waals surface area contributed by atoms with E-state index in [9.17, 15) is 19.5 Å². The summed E-state index contributed by atoms with van der Waals surface area (Å²) in [6, 6.07) is -0.728. The van der Waals surface area contributed by atoms with E-state index in [2.05, 4.69) is 50.3 Å². The molecule has 0 aromatic heterocycles. The predicted molar refractivity (Wildman–Crippen MR) is 263 cm³/mol. The van der Waals surface area contributed by atoms with Crippen molar-refractivity contribution in [3.05, 3.63) is 36.5 Å².